The fourth-order valence-corrected chi connectivity index (χ4v) is 1.11. The molecule has 0 saturated carbocycles. The van der Waals surface area contributed by atoms with Crippen molar-refractivity contribution in [2.75, 3.05) is 0 Å². The molecule has 0 fully saturated rings. The van der Waals surface area contributed by atoms with Crippen molar-refractivity contribution < 1.29 is 9.18 Å². The Labute approximate surface area is 77.6 Å². The van der Waals surface area contributed by atoms with E-state index < -0.39 is 5.82 Å². The molecule has 70 valence electrons. The quantitative estimate of drug-likeness (QED) is 0.653. The van der Waals surface area contributed by atoms with Crippen LogP contribution in [0.2, 0.25) is 0 Å². The molecule has 1 aromatic carbocycles. The number of ketones is 1. The van der Waals surface area contributed by atoms with Gasteiger partial charge in [0, 0.05) is 5.92 Å². The predicted molar refractivity (Wildman–Crippen MR) is 50.2 cm³/mol. The first kappa shape index (κ1) is 9.90. The summed E-state index contributed by atoms with van der Waals surface area (Å²) in [6.07, 6.45) is 0.743. The van der Waals surface area contributed by atoms with Crippen molar-refractivity contribution >= 4 is 5.78 Å². The number of hydrogen-bond acceptors (Lipinski definition) is 1. The third-order valence-electron chi connectivity index (χ3n) is 2.20. The van der Waals surface area contributed by atoms with Gasteiger partial charge in [-0.15, -0.1) is 0 Å². The van der Waals surface area contributed by atoms with E-state index in [-0.39, 0.29) is 17.3 Å². The number of carbonyl (C=O) groups excluding carboxylic acids is 1. The summed E-state index contributed by atoms with van der Waals surface area (Å²) in [5.74, 6) is -0.634. The van der Waals surface area contributed by atoms with Gasteiger partial charge in [0.1, 0.15) is 5.82 Å². The monoisotopic (exact) mass is 180 g/mol. The zero-order valence-electron chi connectivity index (χ0n) is 7.88. The first-order valence-corrected chi connectivity index (χ1v) is 4.45. The van der Waals surface area contributed by atoms with Crippen molar-refractivity contribution in [1.29, 1.82) is 0 Å². The Morgan fingerprint density at radius 3 is 2.62 bits per heavy atom. The van der Waals surface area contributed by atoms with E-state index in [1.165, 1.54) is 12.1 Å². The van der Waals surface area contributed by atoms with Gasteiger partial charge in [-0.25, -0.2) is 4.39 Å². The minimum absolute atomic E-state index is 0.100. The third-order valence-corrected chi connectivity index (χ3v) is 2.20. The Bertz CT molecular complexity index is 307. The lowest BCUT2D eigenvalue weighted by Gasteiger charge is -2.07. The van der Waals surface area contributed by atoms with Crippen LogP contribution in [0, 0.1) is 11.7 Å². The molecule has 0 amide bonds. The van der Waals surface area contributed by atoms with Crippen LogP contribution in [0.15, 0.2) is 24.3 Å². The maximum Gasteiger partial charge on any atom is 0.168 e. The van der Waals surface area contributed by atoms with E-state index in [0.29, 0.717) is 0 Å². The molecule has 0 N–H and O–H groups in total. The number of benzene rings is 1. The lowest BCUT2D eigenvalue weighted by Crippen LogP contribution is -2.11. The van der Waals surface area contributed by atoms with Crippen LogP contribution in [0.4, 0.5) is 4.39 Å². The van der Waals surface area contributed by atoms with Crippen molar-refractivity contribution in [3.05, 3.63) is 35.6 Å². The Balaban J connectivity index is 2.95. The van der Waals surface area contributed by atoms with E-state index in [9.17, 15) is 9.18 Å². The number of Topliss-reactive ketones (excluding diaryl/α,β-unsaturated/α-hetero) is 1. The second kappa shape index (κ2) is 4.17. The van der Waals surface area contributed by atoms with Gasteiger partial charge in [-0.05, 0) is 18.6 Å². The molecule has 1 atom stereocenters. The molecule has 0 bridgehead atoms. The summed E-state index contributed by atoms with van der Waals surface area (Å²) in [5, 5.41) is 0. The van der Waals surface area contributed by atoms with Gasteiger partial charge in [-0.1, -0.05) is 26.0 Å². The number of carbonyl (C=O) groups is 1. The SMILES string of the molecule is CCC(C)C(=O)c1ccccc1F. The second-order valence-electron chi connectivity index (χ2n) is 3.15. The fraction of sp³-hybridized carbons (Fsp3) is 0.364. The Morgan fingerprint density at radius 2 is 2.08 bits per heavy atom. The minimum atomic E-state index is -0.423. The van der Waals surface area contributed by atoms with E-state index in [1.54, 1.807) is 12.1 Å². The van der Waals surface area contributed by atoms with Crippen molar-refractivity contribution in [1.82, 2.24) is 0 Å². The van der Waals surface area contributed by atoms with Crippen molar-refractivity contribution in [2.24, 2.45) is 5.92 Å². The lowest BCUT2D eigenvalue weighted by atomic mass is 9.97. The summed E-state index contributed by atoms with van der Waals surface area (Å²) in [5.41, 5.74) is 0.205. The molecule has 1 aromatic rings. The lowest BCUT2D eigenvalue weighted by molar-refractivity contribution is 0.0923. The molecule has 0 heterocycles. The van der Waals surface area contributed by atoms with E-state index in [4.69, 9.17) is 0 Å². The summed E-state index contributed by atoms with van der Waals surface area (Å²) in [7, 11) is 0. The Hall–Kier alpha value is -1.18. The molecule has 0 saturated heterocycles. The summed E-state index contributed by atoms with van der Waals surface area (Å²) < 4.78 is 13.1. The topological polar surface area (TPSA) is 17.1 Å². The van der Waals surface area contributed by atoms with E-state index in [2.05, 4.69) is 0 Å². The van der Waals surface area contributed by atoms with Crippen molar-refractivity contribution in [2.45, 2.75) is 20.3 Å². The van der Waals surface area contributed by atoms with Crippen LogP contribution in [0.5, 0.6) is 0 Å². The average Bonchev–Trinajstić information content (AvgIpc) is 2.16. The number of rotatable bonds is 3. The molecule has 0 aromatic heterocycles. The third kappa shape index (κ3) is 2.14. The first-order chi connectivity index (χ1) is 6.16. The van der Waals surface area contributed by atoms with Crippen LogP contribution in [-0.4, -0.2) is 5.78 Å². The average molecular weight is 180 g/mol. The molecule has 0 radical (unpaired) electrons. The van der Waals surface area contributed by atoms with Crippen LogP contribution in [-0.2, 0) is 0 Å². The van der Waals surface area contributed by atoms with Gasteiger partial charge in [-0.2, -0.15) is 0 Å². The predicted octanol–water partition coefficient (Wildman–Crippen LogP) is 3.05. The molecular weight excluding hydrogens is 167 g/mol. The second-order valence-corrected chi connectivity index (χ2v) is 3.15. The highest BCUT2D eigenvalue weighted by molar-refractivity contribution is 5.97. The fourth-order valence-electron chi connectivity index (χ4n) is 1.11. The van der Waals surface area contributed by atoms with Crippen LogP contribution in [0.1, 0.15) is 30.6 Å². The zero-order chi connectivity index (χ0) is 9.84. The van der Waals surface area contributed by atoms with Gasteiger partial charge < -0.3 is 0 Å². The smallest absolute Gasteiger partial charge is 0.168 e. The molecule has 1 nitrogen and oxygen atoms in total. The summed E-state index contributed by atoms with van der Waals surface area (Å²) in [6, 6.07) is 6.11. The largest absolute Gasteiger partial charge is 0.294 e. The van der Waals surface area contributed by atoms with Gasteiger partial charge in [0.25, 0.3) is 0 Å². The molecule has 13 heavy (non-hydrogen) atoms. The maximum atomic E-state index is 13.1. The zero-order valence-corrected chi connectivity index (χ0v) is 7.88. The molecule has 0 aliphatic rings. The van der Waals surface area contributed by atoms with Crippen LogP contribution < -0.4 is 0 Å². The maximum absolute atomic E-state index is 13.1. The van der Waals surface area contributed by atoms with Crippen LogP contribution in [0.3, 0.4) is 0 Å². The minimum Gasteiger partial charge on any atom is -0.294 e. The molecule has 2 heteroatoms. The number of hydrogen-bond donors (Lipinski definition) is 0. The van der Waals surface area contributed by atoms with Gasteiger partial charge in [0.15, 0.2) is 5.78 Å². The Morgan fingerprint density at radius 1 is 1.46 bits per heavy atom. The molecule has 1 unspecified atom stereocenters. The molecular formula is C11H13FO. The molecule has 0 spiro atoms. The summed E-state index contributed by atoms with van der Waals surface area (Å²) >= 11 is 0. The first-order valence-electron chi connectivity index (χ1n) is 4.45. The van der Waals surface area contributed by atoms with Crippen molar-refractivity contribution in [3.63, 3.8) is 0 Å². The van der Waals surface area contributed by atoms with Crippen LogP contribution >= 0.6 is 0 Å². The molecule has 0 aliphatic carbocycles. The van der Waals surface area contributed by atoms with Crippen LogP contribution in [0.25, 0.3) is 0 Å². The summed E-state index contributed by atoms with van der Waals surface area (Å²) in [6.45, 7) is 3.73. The van der Waals surface area contributed by atoms with Gasteiger partial charge in [0.2, 0.25) is 0 Å². The van der Waals surface area contributed by atoms with Gasteiger partial charge >= 0.3 is 0 Å². The highest BCUT2D eigenvalue weighted by atomic mass is 19.1. The standard InChI is InChI=1S/C11H13FO/c1-3-8(2)11(13)9-6-4-5-7-10(9)12/h4-8H,3H2,1-2H3. The van der Waals surface area contributed by atoms with E-state index in [0.717, 1.165) is 6.42 Å². The summed E-state index contributed by atoms with van der Waals surface area (Å²) in [4.78, 5) is 11.6. The van der Waals surface area contributed by atoms with Crippen molar-refractivity contribution in [3.8, 4) is 0 Å². The highest BCUT2D eigenvalue weighted by Crippen LogP contribution is 2.14. The van der Waals surface area contributed by atoms with E-state index >= 15 is 0 Å². The Kier molecular flexibility index (Phi) is 3.18. The molecule has 1 rings (SSSR count). The van der Waals surface area contributed by atoms with Gasteiger partial charge in [-0.3, -0.25) is 4.79 Å². The highest BCUT2D eigenvalue weighted by Gasteiger charge is 2.16. The molecule has 0 aliphatic heterocycles. The van der Waals surface area contributed by atoms with Gasteiger partial charge in [0.05, 0.1) is 5.56 Å². The normalized spacial score (nSPS) is 12.5. The van der Waals surface area contributed by atoms with E-state index in [1.807, 2.05) is 13.8 Å². The number of halogens is 1.